The van der Waals surface area contributed by atoms with Crippen LogP contribution in [-0.4, -0.2) is 22.8 Å². The number of para-hydroxylation sites is 1. The first-order valence-corrected chi connectivity index (χ1v) is 7.39. The number of hydrogen-bond donors (Lipinski definition) is 1. The average molecular weight is 301 g/mol. The van der Waals surface area contributed by atoms with E-state index in [1.807, 2.05) is 52.0 Å². The summed E-state index contributed by atoms with van der Waals surface area (Å²) in [5, 5.41) is 7.39. The Morgan fingerprint density at radius 3 is 2.68 bits per heavy atom. The van der Waals surface area contributed by atoms with Crippen LogP contribution in [0.25, 0.3) is 0 Å². The fourth-order valence-electron chi connectivity index (χ4n) is 2.55. The number of ether oxygens (including phenoxy) is 1. The molecule has 0 saturated heterocycles. The molecule has 2 aromatic rings. The molecule has 1 N–H and O–H groups in total. The molecule has 0 spiro atoms. The van der Waals surface area contributed by atoms with E-state index in [-0.39, 0.29) is 5.91 Å². The van der Waals surface area contributed by atoms with Crippen LogP contribution in [0.2, 0.25) is 0 Å². The fraction of sp³-hybridized carbons (Fsp3) is 0.412. The molecule has 1 aromatic carbocycles. The van der Waals surface area contributed by atoms with Crippen molar-refractivity contribution in [1.82, 2.24) is 15.1 Å². The summed E-state index contributed by atoms with van der Waals surface area (Å²) in [5.74, 6) is 0.617. The fourth-order valence-corrected chi connectivity index (χ4v) is 2.55. The minimum atomic E-state index is -0.555. The molecule has 5 heteroatoms. The minimum Gasteiger partial charge on any atom is -0.496 e. The van der Waals surface area contributed by atoms with E-state index in [0.717, 1.165) is 17.0 Å². The van der Waals surface area contributed by atoms with Crippen molar-refractivity contribution in [3.05, 3.63) is 47.3 Å². The summed E-state index contributed by atoms with van der Waals surface area (Å²) in [7, 11) is 1.63. The molecule has 0 aliphatic rings. The van der Waals surface area contributed by atoms with Gasteiger partial charge in [-0.25, -0.2) is 0 Å². The molecule has 1 aromatic heterocycles. The highest BCUT2D eigenvalue weighted by Gasteiger charge is 2.27. The largest absolute Gasteiger partial charge is 0.496 e. The number of aromatic nitrogens is 2. The Hall–Kier alpha value is -2.30. The van der Waals surface area contributed by atoms with Crippen LogP contribution < -0.4 is 10.1 Å². The number of nitrogens with zero attached hydrogens (tertiary/aromatic N) is 2. The van der Waals surface area contributed by atoms with Gasteiger partial charge in [0, 0.05) is 12.1 Å². The van der Waals surface area contributed by atoms with Gasteiger partial charge in [0.25, 0.3) is 5.91 Å². The highest BCUT2D eigenvalue weighted by atomic mass is 16.5. The summed E-state index contributed by atoms with van der Waals surface area (Å²) in [6.07, 6.45) is 0. The van der Waals surface area contributed by atoms with Gasteiger partial charge in [0.05, 0.1) is 18.3 Å². The van der Waals surface area contributed by atoms with E-state index >= 15 is 0 Å². The molecule has 5 nitrogen and oxygen atoms in total. The van der Waals surface area contributed by atoms with Crippen LogP contribution >= 0.6 is 0 Å². The van der Waals surface area contributed by atoms with Crippen molar-refractivity contribution in [3.63, 3.8) is 0 Å². The zero-order chi connectivity index (χ0) is 16.3. The van der Waals surface area contributed by atoms with Crippen molar-refractivity contribution in [1.29, 1.82) is 0 Å². The Morgan fingerprint density at radius 1 is 1.36 bits per heavy atom. The molecule has 0 aliphatic carbocycles. The van der Waals surface area contributed by atoms with Crippen molar-refractivity contribution in [2.45, 2.75) is 39.8 Å². The van der Waals surface area contributed by atoms with Crippen molar-refractivity contribution < 1.29 is 9.53 Å². The second-order valence-electron chi connectivity index (χ2n) is 5.77. The third-order valence-electron chi connectivity index (χ3n) is 3.64. The van der Waals surface area contributed by atoms with Crippen LogP contribution in [0.15, 0.2) is 30.3 Å². The number of amides is 1. The number of carbonyl (C=O) groups is 1. The maximum Gasteiger partial charge on any atom is 0.270 e. The molecule has 0 radical (unpaired) electrons. The van der Waals surface area contributed by atoms with Crippen molar-refractivity contribution >= 4 is 5.91 Å². The molecule has 0 aliphatic heterocycles. The van der Waals surface area contributed by atoms with Gasteiger partial charge in [0.15, 0.2) is 0 Å². The maximum absolute atomic E-state index is 12.6. The van der Waals surface area contributed by atoms with Crippen molar-refractivity contribution in [2.75, 3.05) is 7.11 Å². The smallest absolute Gasteiger partial charge is 0.270 e. The third-order valence-corrected chi connectivity index (χ3v) is 3.64. The first kappa shape index (κ1) is 16.1. The van der Waals surface area contributed by atoms with E-state index in [2.05, 4.69) is 10.4 Å². The lowest BCUT2D eigenvalue weighted by atomic mass is 9.93. The lowest BCUT2D eigenvalue weighted by Gasteiger charge is -2.28. The summed E-state index contributed by atoms with van der Waals surface area (Å²) in [6.45, 7) is 8.43. The Balaban J connectivity index is 2.29. The summed E-state index contributed by atoms with van der Waals surface area (Å²) < 4.78 is 7.11. The average Bonchev–Trinajstić information content (AvgIpc) is 2.88. The number of carbonyl (C=O) groups excluding carboxylic acids is 1. The van der Waals surface area contributed by atoms with Crippen LogP contribution in [0.3, 0.4) is 0 Å². The Bertz CT molecular complexity index is 674. The predicted molar refractivity (Wildman–Crippen MR) is 86.1 cm³/mol. The van der Waals surface area contributed by atoms with E-state index < -0.39 is 5.54 Å². The van der Waals surface area contributed by atoms with Crippen LogP contribution in [0.5, 0.6) is 5.75 Å². The van der Waals surface area contributed by atoms with Gasteiger partial charge in [-0.05, 0) is 39.8 Å². The standard InChI is InChI=1S/C17H23N3O2/c1-6-20-14(11-12(2)19-20)16(21)18-17(3,4)13-9-7-8-10-15(13)22-5/h7-11H,6H2,1-5H3,(H,18,21). The Kier molecular flexibility index (Phi) is 4.54. The Morgan fingerprint density at radius 2 is 2.05 bits per heavy atom. The van der Waals surface area contributed by atoms with Crippen LogP contribution in [0, 0.1) is 6.92 Å². The molecule has 1 heterocycles. The van der Waals surface area contributed by atoms with Gasteiger partial charge in [-0.15, -0.1) is 0 Å². The van der Waals surface area contributed by atoms with Gasteiger partial charge in [0.1, 0.15) is 11.4 Å². The van der Waals surface area contributed by atoms with Crippen LogP contribution in [-0.2, 0) is 12.1 Å². The van der Waals surface area contributed by atoms with E-state index in [9.17, 15) is 4.79 Å². The predicted octanol–water partition coefficient (Wildman–Crippen LogP) is 2.89. The molecule has 22 heavy (non-hydrogen) atoms. The molecular formula is C17H23N3O2. The van der Waals surface area contributed by atoms with E-state index in [4.69, 9.17) is 4.74 Å². The molecule has 1 amide bonds. The quantitative estimate of drug-likeness (QED) is 0.924. The number of hydrogen-bond acceptors (Lipinski definition) is 3. The highest BCUT2D eigenvalue weighted by Crippen LogP contribution is 2.29. The SMILES string of the molecule is CCn1nc(C)cc1C(=O)NC(C)(C)c1ccccc1OC. The number of methoxy groups -OCH3 is 1. The van der Waals surface area contributed by atoms with Crippen molar-refractivity contribution in [2.24, 2.45) is 0 Å². The molecule has 2 rings (SSSR count). The zero-order valence-corrected chi connectivity index (χ0v) is 13.8. The zero-order valence-electron chi connectivity index (χ0n) is 13.8. The minimum absolute atomic E-state index is 0.140. The highest BCUT2D eigenvalue weighted by molar-refractivity contribution is 5.93. The molecule has 0 bridgehead atoms. The van der Waals surface area contributed by atoms with Gasteiger partial charge in [0.2, 0.25) is 0 Å². The first-order valence-electron chi connectivity index (χ1n) is 7.39. The molecule has 118 valence electrons. The number of nitrogens with one attached hydrogen (secondary N) is 1. The molecule has 0 atom stereocenters. The first-order chi connectivity index (χ1) is 10.4. The van der Waals surface area contributed by atoms with E-state index in [1.165, 1.54) is 0 Å². The maximum atomic E-state index is 12.6. The second kappa shape index (κ2) is 6.22. The van der Waals surface area contributed by atoms with Crippen LogP contribution in [0.1, 0.15) is 42.5 Å². The van der Waals surface area contributed by atoms with Crippen LogP contribution in [0.4, 0.5) is 0 Å². The molecular weight excluding hydrogens is 278 g/mol. The van der Waals surface area contributed by atoms with Gasteiger partial charge >= 0.3 is 0 Å². The number of aryl methyl sites for hydroxylation is 2. The van der Waals surface area contributed by atoms with Gasteiger partial charge < -0.3 is 10.1 Å². The number of benzene rings is 1. The van der Waals surface area contributed by atoms with Gasteiger partial charge in [-0.1, -0.05) is 18.2 Å². The Labute approximate surface area is 131 Å². The monoisotopic (exact) mass is 301 g/mol. The molecule has 0 saturated carbocycles. The van der Waals surface area contributed by atoms with Gasteiger partial charge in [-0.3, -0.25) is 9.48 Å². The summed E-state index contributed by atoms with van der Waals surface area (Å²) in [5.41, 5.74) is 1.79. The second-order valence-corrected chi connectivity index (χ2v) is 5.77. The number of rotatable bonds is 5. The topological polar surface area (TPSA) is 56.2 Å². The summed E-state index contributed by atoms with van der Waals surface area (Å²) in [4.78, 5) is 12.6. The summed E-state index contributed by atoms with van der Waals surface area (Å²) >= 11 is 0. The lowest BCUT2D eigenvalue weighted by Crippen LogP contribution is -2.42. The molecule has 0 fully saturated rings. The molecule has 0 unspecified atom stereocenters. The summed E-state index contributed by atoms with van der Waals surface area (Å²) in [6, 6.07) is 9.50. The van der Waals surface area contributed by atoms with Crippen molar-refractivity contribution in [3.8, 4) is 5.75 Å². The normalized spacial score (nSPS) is 11.3. The third kappa shape index (κ3) is 3.13. The lowest BCUT2D eigenvalue weighted by molar-refractivity contribution is 0.0900. The van der Waals surface area contributed by atoms with E-state index in [0.29, 0.717) is 12.2 Å². The van der Waals surface area contributed by atoms with E-state index in [1.54, 1.807) is 17.9 Å². The van der Waals surface area contributed by atoms with Gasteiger partial charge in [-0.2, -0.15) is 5.10 Å².